The van der Waals surface area contributed by atoms with Crippen LogP contribution in [0.4, 0.5) is 0 Å². The largest absolute Gasteiger partial charge is 0.276 e. The van der Waals surface area contributed by atoms with Crippen LogP contribution >= 0.6 is 22.9 Å². The van der Waals surface area contributed by atoms with Crippen molar-refractivity contribution < 1.29 is 0 Å². The summed E-state index contributed by atoms with van der Waals surface area (Å²) in [6.45, 7) is 4.79. The number of halogens is 1. The molecule has 0 spiro atoms. The second kappa shape index (κ2) is 6.15. The van der Waals surface area contributed by atoms with E-state index in [2.05, 4.69) is 34.7 Å². The highest BCUT2D eigenvalue weighted by Gasteiger charge is 2.25. The molecule has 1 aromatic carbocycles. The SMILES string of the molecule is CCc1cc2c(s1)-n1c(CC)nnc1CN=C2c1ccccc1Cl. The van der Waals surface area contributed by atoms with Crippen molar-refractivity contribution in [1.29, 1.82) is 0 Å². The van der Waals surface area contributed by atoms with E-state index in [-0.39, 0.29) is 0 Å². The lowest BCUT2D eigenvalue weighted by Crippen LogP contribution is -2.06. The summed E-state index contributed by atoms with van der Waals surface area (Å²) in [5.74, 6) is 1.87. The quantitative estimate of drug-likeness (QED) is 0.695. The molecule has 122 valence electrons. The molecule has 0 fully saturated rings. The van der Waals surface area contributed by atoms with E-state index in [0.717, 1.165) is 51.4 Å². The Labute approximate surface area is 149 Å². The number of aliphatic imine (C=N–C) groups is 1. The zero-order valence-electron chi connectivity index (χ0n) is 13.6. The Hall–Kier alpha value is -1.98. The van der Waals surface area contributed by atoms with Crippen LogP contribution in [0.25, 0.3) is 5.00 Å². The van der Waals surface area contributed by atoms with Crippen LogP contribution in [0.2, 0.25) is 5.02 Å². The van der Waals surface area contributed by atoms with Gasteiger partial charge in [0.05, 0.1) is 5.71 Å². The highest BCUT2D eigenvalue weighted by molar-refractivity contribution is 7.15. The molecule has 1 aliphatic heterocycles. The Bertz CT molecular complexity index is 938. The second-order valence-corrected chi connectivity index (χ2v) is 7.17. The molecule has 3 heterocycles. The summed E-state index contributed by atoms with van der Waals surface area (Å²) in [5.41, 5.74) is 3.04. The molecule has 0 atom stereocenters. The summed E-state index contributed by atoms with van der Waals surface area (Å²) in [4.78, 5) is 6.17. The van der Waals surface area contributed by atoms with Crippen LogP contribution in [0.15, 0.2) is 35.3 Å². The molecular weight excluding hydrogens is 340 g/mol. The van der Waals surface area contributed by atoms with E-state index < -0.39 is 0 Å². The smallest absolute Gasteiger partial charge is 0.160 e. The average molecular weight is 357 g/mol. The number of hydrogen-bond donors (Lipinski definition) is 0. The van der Waals surface area contributed by atoms with E-state index in [1.807, 2.05) is 24.3 Å². The summed E-state index contributed by atoms with van der Waals surface area (Å²) in [6.07, 6.45) is 1.83. The summed E-state index contributed by atoms with van der Waals surface area (Å²) in [7, 11) is 0. The van der Waals surface area contributed by atoms with Crippen molar-refractivity contribution in [3.63, 3.8) is 0 Å². The highest BCUT2D eigenvalue weighted by Crippen LogP contribution is 2.34. The maximum atomic E-state index is 6.45. The van der Waals surface area contributed by atoms with Gasteiger partial charge in [-0.2, -0.15) is 0 Å². The maximum Gasteiger partial charge on any atom is 0.160 e. The third-order valence-corrected chi connectivity index (χ3v) is 5.79. The molecule has 0 saturated carbocycles. The number of thiophene rings is 1. The van der Waals surface area contributed by atoms with Crippen LogP contribution in [0.3, 0.4) is 0 Å². The fraction of sp³-hybridized carbons (Fsp3) is 0.278. The van der Waals surface area contributed by atoms with Crippen molar-refractivity contribution >= 4 is 28.6 Å². The summed E-state index contributed by atoms with van der Waals surface area (Å²) in [5, 5.41) is 10.6. The van der Waals surface area contributed by atoms with E-state index in [4.69, 9.17) is 16.6 Å². The molecule has 0 unspecified atom stereocenters. The molecule has 0 N–H and O–H groups in total. The summed E-state index contributed by atoms with van der Waals surface area (Å²) < 4.78 is 2.17. The third kappa shape index (κ3) is 2.39. The average Bonchev–Trinajstić information content (AvgIpc) is 3.17. The van der Waals surface area contributed by atoms with Gasteiger partial charge in [0.25, 0.3) is 0 Å². The van der Waals surface area contributed by atoms with Gasteiger partial charge >= 0.3 is 0 Å². The van der Waals surface area contributed by atoms with Gasteiger partial charge in [0.1, 0.15) is 17.4 Å². The normalized spacial score (nSPS) is 13.2. The van der Waals surface area contributed by atoms with E-state index in [1.165, 1.54) is 4.88 Å². The van der Waals surface area contributed by atoms with Crippen molar-refractivity contribution in [3.05, 3.63) is 63.0 Å². The molecule has 0 aliphatic carbocycles. The molecule has 4 rings (SSSR count). The molecule has 6 heteroatoms. The van der Waals surface area contributed by atoms with E-state index in [9.17, 15) is 0 Å². The lowest BCUT2D eigenvalue weighted by molar-refractivity contribution is 0.849. The van der Waals surface area contributed by atoms with Gasteiger partial charge in [0.2, 0.25) is 0 Å². The highest BCUT2D eigenvalue weighted by atomic mass is 35.5. The first-order valence-electron chi connectivity index (χ1n) is 8.08. The van der Waals surface area contributed by atoms with Gasteiger partial charge in [-0.25, -0.2) is 0 Å². The van der Waals surface area contributed by atoms with Crippen molar-refractivity contribution in [2.75, 3.05) is 0 Å². The van der Waals surface area contributed by atoms with Crippen LogP contribution in [-0.2, 0) is 19.4 Å². The zero-order valence-corrected chi connectivity index (χ0v) is 15.2. The first kappa shape index (κ1) is 15.5. The first-order chi connectivity index (χ1) is 11.7. The Balaban J connectivity index is 1.98. The van der Waals surface area contributed by atoms with Crippen LogP contribution in [0.5, 0.6) is 0 Å². The molecule has 0 saturated heterocycles. The topological polar surface area (TPSA) is 43.1 Å². The fourth-order valence-electron chi connectivity index (χ4n) is 2.98. The minimum atomic E-state index is 0.510. The summed E-state index contributed by atoms with van der Waals surface area (Å²) in [6, 6.07) is 10.1. The van der Waals surface area contributed by atoms with Crippen molar-refractivity contribution in [2.24, 2.45) is 4.99 Å². The molecule has 0 bridgehead atoms. The fourth-order valence-corrected chi connectivity index (χ4v) is 4.34. The van der Waals surface area contributed by atoms with Gasteiger partial charge < -0.3 is 0 Å². The lowest BCUT2D eigenvalue weighted by Gasteiger charge is -2.09. The Morgan fingerprint density at radius 2 is 1.96 bits per heavy atom. The Morgan fingerprint density at radius 3 is 2.71 bits per heavy atom. The molecule has 4 nitrogen and oxygen atoms in total. The van der Waals surface area contributed by atoms with Gasteiger partial charge in [-0.1, -0.05) is 43.6 Å². The van der Waals surface area contributed by atoms with E-state index in [1.54, 1.807) is 11.3 Å². The molecule has 0 radical (unpaired) electrons. The molecular formula is C18H17ClN4S. The number of rotatable bonds is 3. The molecule has 0 amide bonds. The molecule has 2 aromatic heterocycles. The number of aryl methyl sites for hydroxylation is 2. The van der Waals surface area contributed by atoms with Gasteiger partial charge in [-0.3, -0.25) is 9.56 Å². The van der Waals surface area contributed by atoms with E-state index in [0.29, 0.717) is 6.54 Å². The standard InChI is InChI=1S/C18H17ClN4S/c1-3-11-9-13-17(12-7-5-6-8-14(12)19)20-10-16-22-21-15(4-2)23(16)18(13)24-11/h5-9H,3-4,10H2,1-2H3. The number of hydrogen-bond acceptors (Lipinski definition) is 4. The molecule has 3 aromatic rings. The first-order valence-corrected chi connectivity index (χ1v) is 9.28. The number of fused-ring (bicyclic) bond motifs is 3. The lowest BCUT2D eigenvalue weighted by atomic mass is 10.0. The van der Waals surface area contributed by atoms with Gasteiger partial charge in [0, 0.05) is 27.4 Å². The van der Waals surface area contributed by atoms with E-state index >= 15 is 0 Å². The Kier molecular flexibility index (Phi) is 3.98. The van der Waals surface area contributed by atoms with Crippen molar-refractivity contribution in [1.82, 2.24) is 14.8 Å². The maximum absolute atomic E-state index is 6.45. The zero-order chi connectivity index (χ0) is 16.7. The monoisotopic (exact) mass is 356 g/mol. The minimum Gasteiger partial charge on any atom is -0.276 e. The second-order valence-electron chi connectivity index (χ2n) is 5.65. The van der Waals surface area contributed by atoms with Gasteiger partial charge in [-0.15, -0.1) is 21.5 Å². The molecule has 1 aliphatic rings. The van der Waals surface area contributed by atoms with Gasteiger partial charge in [0.15, 0.2) is 5.82 Å². The minimum absolute atomic E-state index is 0.510. The number of aromatic nitrogens is 3. The van der Waals surface area contributed by atoms with Gasteiger partial charge in [-0.05, 0) is 18.6 Å². The third-order valence-electron chi connectivity index (χ3n) is 4.19. The van der Waals surface area contributed by atoms with Crippen molar-refractivity contribution in [3.8, 4) is 5.00 Å². The van der Waals surface area contributed by atoms with Crippen molar-refractivity contribution in [2.45, 2.75) is 33.2 Å². The number of nitrogens with zero attached hydrogens (tertiary/aromatic N) is 4. The predicted octanol–water partition coefficient (Wildman–Crippen LogP) is 4.46. The number of benzene rings is 1. The van der Waals surface area contributed by atoms with Crippen LogP contribution in [0.1, 0.15) is 41.5 Å². The van der Waals surface area contributed by atoms with Crippen LogP contribution in [0, 0.1) is 0 Å². The van der Waals surface area contributed by atoms with Crippen LogP contribution in [-0.4, -0.2) is 20.5 Å². The predicted molar refractivity (Wildman–Crippen MR) is 98.8 cm³/mol. The van der Waals surface area contributed by atoms with Crippen LogP contribution < -0.4 is 0 Å². The Morgan fingerprint density at radius 1 is 1.12 bits per heavy atom. The summed E-state index contributed by atoms with van der Waals surface area (Å²) >= 11 is 8.24. The molecule has 24 heavy (non-hydrogen) atoms.